The van der Waals surface area contributed by atoms with E-state index < -0.39 is 0 Å². The zero-order valence-corrected chi connectivity index (χ0v) is 14.4. The maximum Gasteiger partial charge on any atom is 0.323 e. The number of aliphatic imine (C=N–C) groups is 1. The van der Waals surface area contributed by atoms with Crippen molar-refractivity contribution in [3.63, 3.8) is 0 Å². The number of amides is 2. The fraction of sp³-hybridized carbons (Fsp3) is 0.125. The van der Waals surface area contributed by atoms with Gasteiger partial charge in [-0.2, -0.15) is 0 Å². The van der Waals surface area contributed by atoms with Crippen LogP contribution in [0.4, 0.5) is 16.2 Å². The normalized spacial score (nSPS) is 13.7. The number of hydrogen-bond donors (Lipinski definition) is 2. The van der Waals surface area contributed by atoms with Gasteiger partial charge >= 0.3 is 6.03 Å². The summed E-state index contributed by atoms with van der Waals surface area (Å²) in [4.78, 5) is 16.4. The molecule has 1 aliphatic heterocycles. The largest absolute Gasteiger partial charge is 0.323 e. The number of anilines is 2. The zero-order chi connectivity index (χ0) is 16.2. The van der Waals surface area contributed by atoms with Crippen molar-refractivity contribution in [3.05, 3.63) is 58.6 Å². The Morgan fingerprint density at radius 3 is 2.48 bits per heavy atom. The summed E-state index contributed by atoms with van der Waals surface area (Å²) in [6, 6.07) is 14.5. The summed E-state index contributed by atoms with van der Waals surface area (Å²) in [5.41, 5.74) is 2.26. The van der Waals surface area contributed by atoms with Crippen LogP contribution in [0.25, 0.3) is 0 Å². The Balaban J connectivity index is 1.69. The Morgan fingerprint density at radius 2 is 1.83 bits per heavy atom. The highest BCUT2D eigenvalue weighted by Gasteiger charge is 2.17. The number of halogens is 2. The highest BCUT2D eigenvalue weighted by Crippen LogP contribution is 2.19. The Hall–Kier alpha value is -2.05. The van der Waals surface area contributed by atoms with E-state index in [1.54, 1.807) is 4.42 Å². The SMILES string of the molecule is O=C(Nc1cccc(Br)c1)Nc1cccc(C2=NCCN2Cl)c1. The summed E-state index contributed by atoms with van der Waals surface area (Å²) in [6.07, 6.45) is 0. The molecule has 0 unspecified atom stereocenters. The number of carbonyl (C=O) groups is 1. The van der Waals surface area contributed by atoms with E-state index in [2.05, 4.69) is 31.6 Å². The molecule has 0 fully saturated rings. The summed E-state index contributed by atoms with van der Waals surface area (Å²) >= 11 is 9.46. The van der Waals surface area contributed by atoms with E-state index in [1.165, 1.54) is 0 Å². The van der Waals surface area contributed by atoms with Crippen LogP contribution in [-0.4, -0.2) is 29.4 Å². The first kappa shape index (κ1) is 15.8. The van der Waals surface area contributed by atoms with Gasteiger partial charge in [0.05, 0.1) is 13.1 Å². The maximum absolute atomic E-state index is 12.1. The van der Waals surface area contributed by atoms with Crippen LogP contribution in [0.1, 0.15) is 5.56 Å². The molecule has 0 spiro atoms. The van der Waals surface area contributed by atoms with Gasteiger partial charge < -0.3 is 10.6 Å². The van der Waals surface area contributed by atoms with E-state index in [0.29, 0.717) is 24.5 Å². The average Bonchev–Trinajstić information content (AvgIpc) is 2.93. The lowest BCUT2D eigenvalue weighted by molar-refractivity contribution is 0.262. The summed E-state index contributed by atoms with van der Waals surface area (Å²) in [6.45, 7) is 1.37. The van der Waals surface area contributed by atoms with Crippen molar-refractivity contribution in [2.24, 2.45) is 4.99 Å². The summed E-state index contributed by atoms with van der Waals surface area (Å²) in [5, 5.41) is 5.59. The van der Waals surface area contributed by atoms with E-state index in [4.69, 9.17) is 11.8 Å². The van der Waals surface area contributed by atoms with Gasteiger partial charge in [-0.25, -0.2) is 4.79 Å². The molecule has 0 atom stereocenters. The van der Waals surface area contributed by atoms with Crippen LogP contribution in [0.15, 0.2) is 58.0 Å². The molecule has 2 amide bonds. The van der Waals surface area contributed by atoms with Crippen LogP contribution < -0.4 is 10.6 Å². The second-order valence-corrected chi connectivity index (χ2v) is 6.29. The zero-order valence-electron chi connectivity index (χ0n) is 12.1. The van der Waals surface area contributed by atoms with Gasteiger partial charge in [0.25, 0.3) is 0 Å². The number of hydrogen-bond acceptors (Lipinski definition) is 3. The predicted molar refractivity (Wildman–Crippen MR) is 97.2 cm³/mol. The number of amidine groups is 1. The highest BCUT2D eigenvalue weighted by molar-refractivity contribution is 9.10. The van der Waals surface area contributed by atoms with E-state index >= 15 is 0 Å². The van der Waals surface area contributed by atoms with E-state index in [0.717, 1.165) is 15.9 Å². The second kappa shape index (κ2) is 7.02. The van der Waals surface area contributed by atoms with Crippen molar-refractivity contribution >= 4 is 50.9 Å². The molecule has 0 bridgehead atoms. The van der Waals surface area contributed by atoms with Crippen LogP contribution in [-0.2, 0) is 0 Å². The molecule has 118 valence electrons. The summed E-state index contributed by atoms with van der Waals surface area (Å²) in [7, 11) is 0. The quantitative estimate of drug-likeness (QED) is 0.764. The minimum atomic E-state index is -0.309. The molecule has 7 heteroatoms. The molecule has 0 aliphatic carbocycles. The van der Waals surface area contributed by atoms with Crippen molar-refractivity contribution in [1.82, 2.24) is 4.42 Å². The lowest BCUT2D eigenvalue weighted by Gasteiger charge is -2.12. The standard InChI is InChI=1S/C16H14BrClN4O/c17-12-4-2-6-14(10-12)21-16(23)20-13-5-1-3-11(9-13)15-19-7-8-22(15)18/h1-6,9-10H,7-8H2,(H2,20,21,23). The molecule has 2 aromatic carbocycles. The maximum atomic E-state index is 12.1. The average molecular weight is 394 g/mol. The number of rotatable bonds is 3. The highest BCUT2D eigenvalue weighted by atomic mass is 79.9. The Morgan fingerprint density at radius 1 is 1.13 bits per heavy atom. The van der Waals surface area contributed by atoms with Crippen molar-refractivity contribution in [2.45, 2.75) is 0 Å². The van der Waals surface area contributed by atoms with Crippen LogP contribution >= 0.6 is 27.7 Å². The van der Waals surface area contributed by atoms with Gasteiger partial charge in [-0.1, -0.05) is 34.1 Å². The van der Waals surface area contributed by atoms with E-state index in [1.807, 2.05) is 48.5 Å². The van der Waals surface area contributed by atoms with E-state index in [-0.39, 0.29) is 6.03 Å². The van der Waals surface area contributed by atoms with Gasteiger partial charge in [0.15, 0.2) is 0 Å². The molecule has 0 aromatic heterocycles. The first-order valence-electron chi connectivity index (χ1n) is 7.03. The summed E-state index contributed by atoms with van der Waals surface area (Å²) in [5.74, 6) is 0.725. The third-order valence-corrected chi connectivity index (χ3v) is 4.07. The molecule has 0 saturated carbocycles. The molecular formula is C16H14BrClN4O. The van der Waals surface area contributed by atoms with Crippen molar-refractivity contribution in [3.8, 4) is 0 Å². The second-order valence-electron chi connectivity index (χ2n) is 4.96. The Labute approximate surface area is 147 Å². The van der Waals surface area contributed by atoms with Crippen molar-refractivity contribution < 1.29 is 4.79 Å². The molecule has 23 heavy (non-hydrogen) atoms. The smallest absolute Gasteiger partial charge is 0.308 e. The molecule has 0 radical (unpaired) electrons. The Kier molecular flexibility index (Phi) is 4.83. The molecule has 5 nitrogen and oxygen atoms in total. The third kappa shape index (κ3) is 4.03. The lowest BCUT2D eigenvalue weighted by Crippen LogP contribution is -2.20. The molecule has 2 N–H and O–H groups in total. The summed E-state index contributed by atoms with van der Waals surface area (Å²) < 4.78 is 2.49. The topological polar surface area (TPSA) is 56.7 Å². The molecular weight excluding hydrogens is 380 g/mol. The van der Waals surface area contributed by atoms with E-state index in [9.17, 15) is 4.79 Å². The fourth-order valence-electron chi connectivity index (χ4n) is 2.25. The molecule has 1 heterocycles. The first-order valence-corrected chi connectivity index (χ1v) is 8.17. The third-order valence-electron chi connectivity index (χ3n) is 3.25. The van der Waals surface area contributed by atoms with Gasteiger partial charge in [0.2, 0.25) is 0 Å². The first-order chi connectivity index (χ1) is 11.1. The van der Waals surface area contributed by atoms with Crippen LogP contribution in [0.5, 0.6) is 0 Å². The van der Waals surface area contributed by atoms with Gasteiger partial charge in [-0.3, -0.25) is 9.41 Å². The van der Waals surface area contributed by atoms with Gasteiger partial charge in [-0.05, 0) is 30.3 Å². The minimum absolute atomic E-state index is 0.309. The fourth-order valence-corrected chi connectivity index (χ4v) is 2.88. The molecule has 2 aromatic rings. The van der Waals surface area contributed by atoms with Gasteiger partial charge in [-0.15, -0.1) is 0 Å². The van der Waals surface area contributed by atoms with Crippen LogP contribution in [0, 0.1) is 0 Å². The Bertz CT molecular complexity index is 765. The number of urea groups is 1. The van der Waals surface area contributed by atoms with Crippen molar-refractivity contribution in [1.29, 1.82) is 0 Å². The van der Waals surface area contributed by atoms with Crippen LogP contribution in [0.3, 0.4) is 0 Å². The molecule has 3 rings (SSSR count). The minimum Gasteiger partial charge on any atom is -0.308 e. The van der Waals surface area contributed by atoms with Gasteiger partial charge in [0, 0.05) is 33.2 Å². The number of nitrogens with zero attached hydrogens (tertiary/aromatic N) is 2. The monoisotopic (exact) mass is 392 g/mol. The van der Waals surface area contributed by atoms with Crippen molar-refractivity contribution in [2.75, 3.05) is 23.7 Å². The number of nitrogens with one attached hydrogen (secondary N) is 2. The van der Waals surface area contributed by atoms with Crippen LogP contribution in [0.2, 0.25) is 0 Å². The molecule has 1 aliphatic rings. The predicted octanol–water partition coefficient (Wildman–Crippen LogP) is 4.31. The number of carbonyl (C=O) groups excluding carboxylic acids is 1. The number of benzene rings is 2. The molecule has 0 saturated heterocycles. The van der Waals surface area contributed by atoms with Gasteiger partial charge in [0.1, 0.15) is 5.84 Å². The lowest BCUT2D eigenvalue weighted by atomic mass is 10.2.